The van der Waals surface area contributed by atoms with Crippen molar-refractivity contribution >= 4 is 18.3 Å². The summed E-state index contributed by atoms with van der Waals surface area (Å²) in [6.07, 6.45) is 2.43. The first-order valence-corrected chi connectivity index (χ1v) is 7.09. The van der Waals surface area contributed by atoms with Gasteiger partial charge in [-0.05, 0) is 48.0 Å². The molecule has 1 aromatic heterocycles. The third-order valence-electron chi connectivity index (χ3n) is 3.85. The molecule has 2 N–H and O–H groups in total. The Morgan fingerprint density at radius 3 is 2.95 bits per heavy atom. The second kappa shape index (κ2) is 7.33. The third-order valence-corrected chi connectivity index (χ3v) is 3.85. The van der Waals surface area contributed by atoms with Crippen LogP contribution >= 0.6 is 12.4 Å². The molecule has 2 heterocycles. The molecule has 0 spiro atoms. The third kappa shape index (κ3) is 3.42. The molecule has 0 aliphatic carbocycles. The number of halogens is 1. The predicted molar refractivity (Wildman–Crippen MR) is 84.3 cm³/mol. The Kier molecular flexibility index (Phi) is 5.46. The van der Waals surface area contributed by atoms with Gasteiger partial charge in [0, 0.05) is 6.04 Å². The standard InChI is InChI=1S/C14H18N6O.ClH/c1-10-8-15-7-6-12(10)17-14(21)11-4-2-3-5-13(11)20-9-16-18-19-20;/h2-5,9-10,12,15H,6-8H2,1H3,(H,17,21);1H. The van der Waals surface area contributed by atoms with E-state index < -0.39 is 0 Å². The lowest BCUT2D eigenvalue weighted by atomic mass is 9.95. The Morgan fingerprint density at radius 2 is 2.23 bits per heavy atom. The van der Waals surface area contributed by atoms with Crippen LogP contribution < -0.4 is 10.6 Å². The largest absolute Gasteiger partial charge is 0.349 e. The van der Waals surface area contributed by atoms with Crippen LogP contribution in [0.15, 0.2) is 30.6 Å². The van der Waals surface area contributed by atoms with Gasteiger partial charge >= 0.3 is 0 Å². The second-order valence-electron chi connectivity index (χ2n) is 5.32. The molecular formula is C14H19ClN6O. The van der Waals surface area contributed by atoms with Crippen molar-refractivity contribution in [1.29, 1.82) is 0 Å². The van der Waals surface area contributed by atoms with Crippen molar-refractivity contribution in [3.8, 4) is 5.69 Å². The molecule has 8 heteroatoms. The summed E-state index contributed by atoms with van der Waals surface area (Å²) >= 11 is 0. The van der Waals surface area contributed by atoms with Gasteiger partial charge in [-0.15, -0.1) is 17.5 Å². The highest BCUT2D eigenvalue weighted by Crippen LogP contribution is 2.15. The van der Waals surface area contributed by atoms with Crippen LogP contribution in [-0.4, -0.2) is 45.2 Å². The molecule has 0 radical (unpaired) electrons. The lowest BCUT2D eigenvalue weighted by Gasteiger charge is -2.30. The van der Waals surface area contributed by atoms with E-state index in [1.54, 1.807) is 6.07 Å². The molecular weight excluding hydrogens is 304 g/mol. The number of carbonyl (C=O) groups is 1. The summed E-state index contributed by atoms with van der Waals surface area (Å²) in [6, 6.07) is 7.52. The highest BCUT2D eigenvalue weighted by atomic mass is 35.5. The van der Waals surface area contributed by atoms with Crippen LogP contribution in [0.1, 0.15) is 23.7 Å². The van der Waals surface area contributed by atoms with Gasteiger partial charge in [-0.3, -0.25) is 4.79 Å². The van der Waals surface area contributed by atoms with Crippen molar-refractivity contribution in [2.45, 2.75) is 19.4 Å². The Labute approximate surface area is 134 Å². The van der Waals surface area contributed by atoms with Crippen molar-refractivity contribution in [1.82, 2.24) is 30.8 Å². The monoisotopic (exact) mass is 322 g/mol. The van der Waals surface area contributed by atoms with E-state index in [9.17, 15) is 4.79 Å². The Morgan fingerprint density at radius 1 is 1.41 bits per heavy atom. The first-order chi connectivity index (χ1) is 10.3. The average Bonchev–Trinajstić information content (AvgIpc) is 3.04. The van der Waals surface area contributed by atoms with Gasteiger partial charge in [0.2, 0.25) is 0 Å². The maximum Gasteiger partial charge on any atom is 0.253 e. The molecule has 1 fully saturated rings. The number of rotatable bonds is 3. The van der Waals surface area contributed by atoms with Crippen molar-refractivity contribution in [3.63, 3.8) is 0 Å². The van der Waals surface area contributed by atoms with E-state index in [1.165, 1.54) is 11.0 Å². The van der Waals surface area contributed by atoms with E-state index in [2.05, 4.69) is 33.1 Å². The fourth-order valence-electron chi connectivity index (χ4n) is 2.61. The van der Waals surface area contributed by atoms with Gasteiger partial charge in [0.1, 0.15) is 6.33 Å². The molecule has 1 saturated heterocycles. The minimum absolute atomic E-state index is 0. The smallest absolute Gasteiger partial charge is 0.253 e. The number of benzene rings is 1. The molecule has 22 heavy (non-hydrogen) atoms. The molecule has 2 atom stereocenters. The van der Waals surface area contributed by atoms with E-state index in [1.807, 2.05) is 18.2 Å². The minimum atomic E-state index is -0.0835. The van der Waals surface area contributed by atoms with Crippen molar-refractivity contribution in [2.24, 2.45) is 5.92 Å². The lowest BCUT2D eigenvalue weighted by Crippen LogP contribution is -2.48. The average molecular weight is 323 g/mol. The number of para-hydroxylation sites is 1. The number of hydrogen-bond acceptors (Lipinski definition) is 5. The van der Waals surface area contributed by atoms with Crippen LogP contribution in [0.3, 0.4) is 0 Å². The molecule has 7 nitrogen and oxygen atoms in total. The van der Waals surface area contributed by atoms with Crippen LogP contribution in [-0.2, 0) is 0 Å². The minimum Gasteiger partial charge on any atom is -0.349 e. The number of nitrogens with one attached hydrogen (secondary N) is 2. The summed E-state index contributed by atoms with van der Waals surface area (Å²) in [5, 5.41) is 17.6. The molecule has 3 rings (SSSR count). The van der Waals surface area contributed by atoms with Crippen LogP contribution in [0.2, 0.25) is 0 Å². The zero-order valence-electron chi connectivity index (χ0n) is 12.3. The van der Waals surface area contributed by atoms with Gasteiger partial charge in [0.05, 0.1) is 11.3 Å². The Balaban J connectivity index is 0.00000176. The zero-order chi connectivity index (χ0) is 14.7. The summed E-state index contributed by atoms with van der Waals surface area (Å²) in [7, 11) is 0. The van der Waals surface area contributed by atoms with Crippen LogP contribution in [0.5, 0.6) is 0 Å². The number of piperidine rings is 1. The summed E-state index contributed by atoms with van der Waals surface area (Å²) in [5.74, 6) is 0.336. The maximum atomic E-state index is 12.6. The van der Waals surface area contributed by atoms with Crippen molar-refractivity contribution in [3.05, 3.63) is 36.2 Å². The van der Waals surface area contributed by atoms with Crippen molar-refractivity contribution < 1.29 is 4.79 Å². The van der Waals surface area contributed by atoms with E-state index >= 15 is 0 Å². The van der Waals surface area contributed by atoms with Crippen molar-refractivity contribution in [2.75, 3.05) is 13.1 Å². The van der Waals surface area contributed by atoms with Crippen LogP contribution in [0.4, 0.5) is 0 Å². The molecule has 1 aliphatic rings. The maximum absolute atomic E-state index is 12.6. The van der Waals surface area contributed by atoms with Gasteiger partial charge in [-0.2, -0.15) is 4.68 Å². The van der Waals surface area contributed by atoms with E-state index in [0.717, 1.165) is 19.5 Å². The molecule has 2 unspecified atom stereocenters. The lowest BCUT2D eigenvalue weighted by molar-refractivity contribution is 0.0914. The Bertz CT molecular complexity index is 618. The molecule has 1 aromatic carbocycles. The number of hydrogen-bond donors (Lipinski definition) is 2. The summed E-state index contributed by atoms with van der Waals surface area (Å²) < 4.78 is 1.50. The number of nitrogens with zero attached hydrogens (tertiary/aromatic N) is 4. The first kappa shape index (κ1) is 16.4. The number of aromatic nitrogens is 4. The first-order valence-electron chi connectivity index (χ1n) is 7.09. The van der Waals surface area contributed by atoms with Gasteiger partial charge in [-0.1, -0.05) is 19.1 Å². The fraction of sp³-hybridized carbons (Fsp3) is 0.429. The summed E-state index contributed by atoms with van der Waals surface area (Å²) in [4.78, 5) is 12.6. The van der Waals surface area contributed by atoms with E-state index in [-0.39, 0.29) is 24.4 Å². The number of amides is 1. The quantitative estimate of drug-likeness (QED) is 0.873. The van der Waals surface area contributed by atoms with E-state index in [4.69, 9.17) is 0 Å². The highest BCUT2D eigenvalue weighted by Gasteiger charge is 2.24. The molecule has 118 valence electrons. The van der Waals surface area contributed by atoms with Gasteiger partial charge in [0.15, 0.2) is 0 Å². The van der Waals surface area contributed by atoms with Crippen LogP contribution in [0.25, 0.3) is 5.69 Å². The number of tetrazole rings is 1. The number of carbonyl (C=O) groups excluding carboxylic acids is 1. The topological polar surface area (TPSA) is 84.7 Å². The zero-order valence-corrected chi connectivity index (χ0v) is 13.1. The van der Waals surface area contributed by atoms with Crippen LogP contribution in [0, 0.1) is 5.92 Å². The molecule has 0 saturated carbocycles. The van der Waals surface area contributed by atoms with Gasteiger partial charge in [0.25, 0.3) is 5.91 Å². The normalized spacial score (nSPS) is 21.0. The highest BCUT2D eigenvalue weighted by molar-refractivity contribution is 5.97. The summed E-state index contributed by atoms with van der Waals surface area (Å²) in [6.45, 7) is 4.01. The SMILES string of the molecule is CC1CNCCC1NC(=O)c1ccccc1-n1cnnn1.Cl. The Hall–Kier alpha value is -1.99. The van der Waals surface area contributed by atoms with E-state index in [0.29, 0.717) is 17.2 Å². The molecule has 1 amide bonds. The second-order valence-corrected chi connectivity index (χ2v) is 5.32. The summed E-state index contributed by atoms with van der Waals surface area (Å²) in [5.41, 5.74) is 1.26. The molecule has 0 bridgehead atoms. The van der Waals surface area contributed by atoms with Gasteiger partial charge in [-0.25, -0.2) is 0 Å². The molecule has 2 aromatic rings. The predicted octanol–water partition coefficient (Wildman–Crippen LogP) is 0.812. The van der Waals surface area contributed by atoms with Gasteiger partial charge < -0.3 is 10.6 Å². The fourth-order valence-corrected chi connectivity index (χ4v) is 2.61. The molecule has 1 aliphatic heterocycles.